The average Bonchev–Trinajstić information content (AvgIpc) is 2.44. The van der Waals surface area contributed by atoms with Crippen LogP contribution in [-0.4, -0.2) is 42.6 Å². The Balaban J connectivity index is 2.19. The zero-order chi connectivity index (χ0) is 15.7. The number of aromatic carboxylic acids is 1. The van der Waals surface area contributed by atoms with E-state index in [9.17, 15) is 14.4 Å². The first-order valence-corrected chi connectivity index (χ1v) is 6.57. The van der Waals surface area contributed by atoms with Crippen molar-refractivity contribution in [1.82, 2.24) is 16.0 Å². The molecule has 21 heavy (non-hydrogen) atoms. The smallest absolute Gasteiger partial charge is 0.335 e. The maximum absolute atomic E-state index is 11.4. The molecule has 0 aliphatic heterocycles. The van der Waals surface area contributed by atoms with Crippen molar-refractivity contribution in [3.63, 3.8) is 0 Å². The molecule has 0 radical (unpaired) electrons. The zero-order valence-corrected chi connectivity index (χ0v) is 11.8. The van der Waals surface area contributed by atoms with Gasteiger partial charge in [0.05, 0.1) is 5.56 Å². The number of carbonyl (C=O) groups excluding carboxylic acids is 2. The van der Waals surface area contributed by atoms with E-state index in [0.29, 0.717) is 26.1 Å². The van der Waals surface area contributed by atoms with Gasteiger partial charge >= 0.3 is 12.0 Å². The first-order valence-electron chi connectivity index (χ1n) is 6.57. The normalized spacial score (nSPS) is 9.76. The van der Waals surface area contributed by atoms with Gasteiger partial charge in [-0.15, -0.1) is 0 Å². The largest absolute Gasteiger partial charge is 0.478 e. The summed E-state index contributed by atoms with van der Waals surface area (Å²) in [5.41, 5.74) is 1.18. The van der Waals surface area contributed by atoms with E-state index >= 15 is 0 Å². The maximum atomic E-state index is 11.4. The molecule has 7 heteroatoms. The Bertz CT molecular complexity index is 499. The van der Waals surface area contributed by atoms with Crippen LogP contribution >= 0.6 is 0 Å². The fraction of sp³-hybridized carbons (Fsp3) is 0.357. The van der Waals surface area contributed by atoms with Crippen LogP contribution in [0.1, 0.15) is 22.8 Å². The molecule has 3 amide bonds. The number of nitrogens with one attached hydrogen (secondary N) is 3. The molecular formula is C14H19N3O4. The highest BCUT2D eigenvalue weighted by Crippen LogP contribution is 2.04. The number of carboxylic acids is 1. The molecule has 0 atom stereocenters. The number of amides is 3. The van der Waals surface area contributed by atoms with E-state index < -0.39 is 5.97 Å². The number of benzene rings is 1. The van der Waals surface area contributed by atoms with E-state index in [1.54, 1.807) is 12.1 Å². The minimum Gasteiger partial charge on any atom is -0.478 e. The summed E-state index contributed by atoms with van der Waals surface area (Å²) in [5, 5.41) is 16.6. The summed E-state index contributed by atoms with van der Waals surface area (Å²) >= 11 is 0. The predicted molar refractivity (Wildman–Crippen MR) is 77.2 cm³/mol. The summed E-state index contributed by atoms with van der Waals surface area (Å²) in [7, 11) is 0. The van der Waals surface area contributed by atoms with Crippen molar-refractivity contribution < 1.29 is 19.5 Å². The number of rotatable bonds is 7. The first kappa shape index (κ1) is 16.5. The standard InChI is InChI=1S/C14H19N3O4/c1-10(18)15-8-9-17-14(21)16-7-6-11-2-4-12(5-3-11)13(19)20/h2-5H,6-9H2,1H3,(H,15,18)(H,19,20)(H2,16,17,21). The summed E-state index contributed by atoms with van der Waals surface area (Å²) in [6, 6.07) is 6.21. The molecule has 114 valence electrons. The zero-order valence-electron chi connectivity index (χ0n) is 11.8. The minimum absolute atomic E-state index is 0.137. The Morgan fingerprint density at radius 2 is 1.52 bits per heavy atom. The van der Waals surface area contributed by atoms with Crippen molar-refractivity contribution in [3.8, 4) is 0 Å². The van der Waals surface area contributed by atoms with E-state index in [0.717, 1.165) is 5.56 Å². The fourth-order valence-corrected chi connectivity index (χ4v) is 1.61. The summed E-state index contributed by atoms with van der Waals surface area (Å²) in [5.74, 6) is -1.10. The molecule has 0 aromatic heterocycles. The molecular weight excluding hydrogens is 274 g/mol. The van der Waals surface area contributed by atoms with Crippen LogP contribution in [0.5, 0.6) is 0 Å². The maximum Gasteiger partial charge on any atom is 0.335 e. The molecule has 1 aromatic rings. The van der Waals surface area contributed by atoms with Gasteiger partial charge in [-0.25, -0.2) is 9.59 Å². The van der Waals surface area contributed by atoms with Gasteiger partial charge in [0.25, 0.3) is 0 Å². The Morgan fingerprint density at radius 3 is 2.10 bits per heavy atom. The topological polar surface area (TPSA) is 108 Å². The van der Waals surface area contributed by atoms with E-state index in [1.165, 1.54) is 19.1 Å². The number of hydrogen-bond acceptors (Lipinski definition) is 3. The number of hydrogen-bond donors (Lipinski definition) is 4. The molecule has 1 aromatic carbocycles. The van der Waals surface area contributed by atoms with Gasteiger partial charge in [-0.2, -0.15) is 0 Å². The van der Waals surface area contributed by atoms with Crippen LogP contribution in [0.15, 0.2) is 24.3 Å². The third-order valence-corrected chi connectivity index (χ3v) is 2.68. The highest BCUT2D eigenvalue weighted by atomic mass is 16.4. The van der Waals surface area contributed by atoms with Gasteiger partial charge in [0, 0.05) is 26.6 Å². The SMILES string of the molecule is CC(=O)NCCNC(=O)NCCc1ccc(C(=O)O)cc1. The molecule has 0 bridgehead atoms. The molecule has 0 unspecified atom stereocenters. The third kappa shape index (κ3) is 6.95. The first-order chi connectivity index (χ1) is 9.99. The molecule has 0 saturated heterocycles. The van der Waals surface area contributed by atoms with Gasteiger partial charge in [0.1, 0.15) is 0 Å². The molecule has 0 fully saturated rings. The Morgan fingerprint density at radius 1 is 0.952 bits per heavy atom. The summed E-state index contributed by atoms with van der Waals surface area (Å²) in [6.07, 6.45) is 0.610. The number of carbonyl (C=O) groups is 3. The highest BCUT2D eigenvalue weighted by Gasteiger charge is 2.02. The van der Waals surface area contributed by atoms with Crippen LogP contribution in [0.3, 0.4) is 0 Å². The summed E-state index contributed by atoms with van der Waals surface area (Å²) in [4.78, 5) is 32.7. The monoisotopic (exact) mass is 293 g/mol. The Kier molecular flexibility index (Phi) is 6.73. The van der Waals surface area contributed by atoms with Gasteiger partial charge in [0.2, 0.25) is 5.91 Å². The van der Waals surface area contributed by atoms with Crippen LogP contribution in [0.2, 0.25) is 0 Å². The predicted octanol–water partition coefficient (Wildman–Crippen LogP) is 0.363. The lowest BCUT2D eigenvalue weighted by Gasteiger charge is -2.08. The summed E-state index contributed by atoms with van der Waals surface area (Å²) in [6.45, 7) is 2.60. The van der Waals surface area contributed by atoms with Crippen molar-refractivity contribution in [2.75, 3.05) is 19.6 Å². The van der Waals surface area contributed by atoms with Gasteiger partial charge < -0.3 is 21.1 Å². The molecule has 0 heterocycles. The van der Waals surface area contributed by atoms with Crippen molar-refractivity contribution >= 4 is 17.9 Å². The molecule has 0 aliphatic carbocycles. The highest BCUT2D eigenvalue weighted by molar-refractivity contribution is 5.87. The van der Waals surface area contributed by atoms with Gasteiger partial charge in [-0.05, 0) is 24.1 Å². The molecule has 0 saturated carbocycles. The molecule has 1 rings (SSSR count). The van der Waals surface area contributed by atoms with E-state index in [1.807, 2.05) is 0 Å². The second-order valence-corrected chi connectivity index (χ2v) is 4.42. The second-order valence-electron chi connectivity index (χ2n) is 4.42. The molecule has 0 aliphatic rings. The van der Waals surface area contributed by atoms with Crippen molar-refractivity contribution in [1.29, 1.82) is 0 Å². The number of carboxylic acid groups (broad SMARTS) is 1. The molecule has 0 spiro atoms. The van der Waals surface area contributed by atoms with Crippen LogP contribution in [0.4, 0.5) is 4.79 Å². The lowest BCUT2D eigenvalue weighted by molar-refractivity contribution is -0.118. The third-order valence-electron chi connectivity index (χ3n) is 2.68. The fourth-order valence-electron chi connectivity index (χ4n) is 1.61. The van der Waals surface area contributed by atoms with E-state index in [-0.39, 0.29) is 17.5 Å². The summed E-state index contributed by atoms with van der Waals surface area (Å²) < 4.78 is 0. The van der Waals surface area contributed by atoms with Gasteiger partial charge in [-0.3, -0.25) is 4.79 Å². The van der Waals surface area contributed by atoms with Crippen molar-refractivity contribution in [2.24, 2.45) is 0 Å². The van der Waals surface area contributed by atoms with Crippen molar-refractivity contribution in [3.05, 3.63) is 35.4 Å². The van der Waals surface area contributed by atoms with Gasteiger partial charge in [0.15, 0.2) is 0 Å². The van der Waals surface area contributed by atoms with Crippen molar-refractivity contribution in [2.45, 2.75) is 13.3 Å². The quantitative estimate of drug-likeness (QED) is 0.544. The van der Waals surface area contributed by atoms with Crippen LogP contribution in [0, 0.1) is 0 Å². The Labute approximate surface area is 122 Å². The van der Waals surface area contributed by atoms with Crippen LogP contribution in [0.25, 0.3) is 0 Å². The minimum atomic E-state index is -0.960. The number of urea groups is 1. The van der Waals surface area contributed by atoms with E-state index in [4.69, 9.17) is 5.11 Å². The molecule has 4 N–H and O–H groups in total. The lowest BCUT2D eigenvalue weighted by Crippen LogP contribution is -2.40. The van der Waals surface area contributed by atoms with Crippen LogP contribution < -0.4 is 16.0 Å². The molecule has 7 nitrogen and oxygen atoms in total. The second kappa shape index (κ2) is 8.57. The Hall–Kier alpha value is -2.57. The van der Waals surface area contributed by atoms with E-state index in [2.05, 4.69) is 16.0 Å². The average molecular weight is 293 g/mol. The van der Waals surface area contributed by atoms with Crippen LogP contribution in [-0.2, 0) is 11.2 Å². The lowest BCUT2D eigenvalue weighted by atomic mass is 10.1. The van der Waals surface area contributed by atoms with Gasteiger partial charge in [-0.1, -0.05) is 12.1 Å².